The summed E-state index contributed by atoms with van der Waals surface area (Å²) in [7, 11) is 1.12. The predicted molar refractivity (Wildman–Crippen MR) is 179 cm³/mol. The van der Waals surface area contributed by atoms with Gasteiger partial charge in [0.25, 0.3) is 17.5 Å². The lowest BCUT2D eigenvalue weighted by Gasteiger charge is -2.56. The number of amides is 3. The summed E-state index contributed by atoms with van der Waals surface area (Å²) >= 11 is 1.03. The third kappa shape index (κ3) is 6.82. The minimum Gasteiger partial charge on any atom is -0.504 e. The van der Waals surface area contributed by atoms with E-state index in [1.807, 2.05) is 0 Å². The minimum absolute atomic E-state index is 0.0126. The maximum absolute atomic E-state index is 14.1. The van der Waals surface area contributed by atoms with Gasteiger partial charge in [0.15, 0.2) is 18.1 Å². The van der Waals surface area contributed by atoms with E-state index in [0.29, 0.717) is 0 Å². The molecular formula is C33H32N4O14S. The first-order chi connectivity index (χ1) is 24.6. The van der Waals surface area contributed by atoms with Crippen LogP contribution in [0.3, 0.4) is 0 Å². The van der Waals surface area contributed by atoms with Gasteiger partial charge in [0.2, 0.25) is 11.3 Å². The minimum atomic E-state index is -2.12. The zero-order chi connectivity index (χ0) is 38.1. The second-order valence-corrected chi connectivity index (χ2v) is 12.5. The molecule has 1 aromatic heterocycles. The number of β-lactam (4-membered cyclic amide) rings is 1. The maximum atomic E-state index is 14.1. The number of methoxy groups -OCH3 is 1. The zero-order valence-corrected chi connectivity index (χ0v) is 28.5. The number of esters is 1. The molecule has 3 heterocycles. The van der Waals surface area contributed by atoms with Gasteiger partial charge < -0.3 is 49.8 Å². The third-order valence-corrected chi connectivity index (χ3v) is 9.64. The molecule has 1 saturated heterocycles. The Kier molecular flexibility index (Phi) is 10.5. The number of aromatic nitrogens is 1. The molecule has 274 valence electrons. The summed E-state index contributed by atoms with van der Waals surface area (Å²) in [5.41, 5.74) is -3.39. The summed E-state index contributed by atoms with van der Waals surface area (Å²) in [6.45, 7) is 2.02. The van der Waals surface area contributed by atoms with E-state index >= 15 is 0 Å². The summed E-state index contributed by atoms with van der Waals surface area (Å²) < 4.78 is 17.1. The van der Waals surface area contributed by atoms with Gasteiger partial charge in [-0.1, -0.05) is 12.1 Å². The Labute approximate surface area is 297 Å². The molecule has 0 saturated carbocycles. The molecule has 0 radical (unpaired) electrons. The van der Waals surface area contributed by atoms with Crippen LogP contribution in [0.5, 0.6) is 17.2 Å². The van der Waals surface area contributed by atoms with Crippen molar-refractivity contribution < 1.29 is 63.4 Å². The van der Waals surface area contributed by atoms with E-state index < -0.39 is 87.6 Å². The number of thioether (sulfide) groups is 1. The van der Waals surface area contributed by atoms with Crippen LogP contribution in [0, 0.1) is 0 Å². The number of carboxylic acid groups (broad SMARTS) is 2. The highest BCUT2D eigenvalue weighted by Gasteiger charge is 2.67. The van der Waals surface area contributed by atoms with Gasteiger partial charge in [-0.2, -0.15) is 0 Å². The van der Waals surface area contributed by atoms with E-state index in [0.717, 1.165) is 42.8 Å². The fraction of sp³-hybridized carbons (Fsp3) is 0.303. The van der Waals surface area contributed by atoms with Crippen LogP contribution < -0.4 is 20.8 Å². The highest BCUT2D eigenvalue weighted by molar-refractivity contribution is 8.00. The van der Waals surface area contributed by atoms with Crippen LogP contribution in [0.25, 0.3) is 10.9 Å². The van der Waals surface area contributed by atoms with Crippen LogP contribution >= 0.6 is 11.8 Å². The number of carbonyl (C=O) groups is 6. The number of aliphatic carboxylic acids is 2. The number of pyridine rings is 1. The average molecular weight is 741 g/mol. The van der Waals surface area contributed by atoms with Crippen molar-refractivity contribution in [2.75, 3.05) is 26.1 Å². The van der Waals surface area contributed by atoms with Gasteiger partial charge in [-0.25, -0.2) is 9.59 Å². The summed E-state index contributed by atoms with van der Waals surface area (Å²) in [6, 6.07) is 5.86. The van der Waals surface area contributed by atoms with Crippen molar-refractivity contribution in [3.8, 4) is 17.2 Å². The molecule has 1 fully saturated rings. The van der Waals surface area contributed by atoms with Gasteiger partial charge in [-0.15, -0.1) is 11.8 Å². The van der Waals surface area contributed by atoms with Crippen LogP contribution in [-0.4, -0.2) is 103 Å². The normalized spacial score (nSPS) is 18.6. The standard InChI is InChI=1S/C33H32N4O14S/c1-4-36-11-20(27(43)19-9-22(39)23(40)10-21(19)36)28(44)34-25(16-5-7-18(8-6-16)51-13-24(41)42)29(45)35-33(49-3)31(48)37-26(30(46)47)17(12-50-15(2)38)14-52-32(33)37/h5-11,25,32,39-40H,4,12-14H2,1-3H3,(H,34,44)(H,35,45)(H,41,42)(H,46,47)/t25?,32-,33-/m0/s1. The van der Waals surface area contributed by atoms with E-state index in [-0.39, 0.29) is 46.7 Å². The van der Waals surface area contributed by atoms with Crippen molar-refractivity contribution in [2.45, 2.75) is 37.5 Å². The molecule has 0 aliphatic carbocycles. The Morgan fingerprint density at radius 1 is 1.06 bits per heavy atom. The Morgan fingerprint density at radius 3 is 2.33 bits per heavy atom. The number of carboxylic acids is 2. The Hall–Kier alpha value is -6.08. The van der Waals surface area contributed by atoms with Crippen molar-refractivity contribution in [1.29, 1.82) is 0 Å². The summed E-state index contributed by atoms with van der Waals surface area (Å²) in [5, 5.41) is 42.8. The summed E-state index contributed by atoms with van der Waals surface area (Å²) in [4.78, 5) is 90.6. The Morgan fingerprint density at radius 2 is 1.73 bits per heavy atom. The number of nitrogens with one attached hydrogen (secondary N) is 2. The summed E-state index contributed by atoms with van der Waals surface area (Å²) in [5.74, 6) is -7.41. The molecule has 2 aliphatic rings. The molecule has 6 N–H and O–H groups in total. The summed E-state index contributed by atoms with van der Waals surface area (Å²) in [6.07, 6.45) is 1.21. The number of ether oxygens (including phenoxy) is 3. The number of hydrogen-bond donors (Lipinski definition) is 6. The van der Waals surface area contributed by atoms with Gasteiger partial charge in [0, 0.05) is 44.2 Å². The monoisotopic (exact) mass is 740 g/mol. The number of fused-ring (bicyclic) bond motifs is 2. The fourth-order valence-corrected chi connectivity index (χ4v) is 7.17. The Balaban J connectivity index is 1.51. The molecule has 52 heavy (non-hydrogen) atoms. The van der Waals surface area contributed by atoms with E-state index in [4.69, 9.17) is 19.3 Å². The van der Waals surface area contributed by atoms with Crippen molar-refractivity contribution in [3.05, 3.63) is 75.2 Å². The number of rotatable bonds is 13. The molecule has 3 amide bonds. The van der Waals surface area contributed by atoms with Crippen LogP contribution in [-0.2, 0) is 40.0 Å². The number of phenolic OH excluding ortho intramolecular Hbond substituents is 2. The van der Waals surface area contributed by atoms with Gasteiger partial charge in [-0.05, 0) is 30.7 Å². The Bertz CT molecular complexity index is 2100. The molecule has 2 aliphatic heterocycles. The van der Waals surface area contributed by atoms with E-state index in [9.17, 15) is 48.9 Å². The van der Waals surface area contributed by atoms with Crippen molar-refractivity contribution >= 4 is 58.3 Å². The van der Waals surface area contributed by atoms with Gasteiger partial charge in [-0.3, -0.25) is 28.9 Å². The lowest BCUT2D eigenvalue weighted by atomic mass is 9.96. The molecule has 0 spiro atoms. The largest absolute Gasteiger partial charge is 0.504 e. The topological polar surface area (TPSA) is 260 Å². The quantitative estimate of drug-likeness (QED) is 0.0608. The van der Waals surface area contributed by atoms with Gasteiger partial charge in [0.05, 0.1) is 10.9 Å². The number of hydrogen-bond acceptors (Lipinski definition) is 13. The maximum Gasteiger partial charge on any atom is 0.352 e. The molecule has 3 atom stereocenters. The van der Waals surface area contributed by atoms with Gasteiger partial charge >= 0.3 is 17.9 Å². The third-order valence-electron chi connectivity index (χ3n) is 8.27. The highest BCUT2D eigenvalue weighted by Crippen LogP contribution is 2.47. The number of aromatic hydroxyl groups is 2. The van der Waals surface area contributed by atoms with Crippen molar-refractivity contribution in [2.24, 2.45) is 0 Å². The average Bonchev–Trinajstić information content (AvgIpc) is 3.11. The molecule has 3 aromatic rings. The number of benzene rings is 2. The lowest BCUT2D eigenvalue weighted by molar-refractivity contribution is -0.193. The van der Waals surface area contributed by atoms with Crippen LogP contribution in [0.1, 0.15) is 35.8 Å². The molecule has 1 unspecified atom stereocenters. The molecule has 18 nitrogen and oxygen atoms in total. The molecule has 2 aromatic carbocycles. The van der Waals surface area contributed by atoms with E-state index in [1.54, 1.807) is 6.92 Å². The van der Waals surface area contributed by atoms with Crippen LogP contribution in [0.4, 0.5) is 0 Å². The van der Waals surface area contributed by atoms with Gasteiger partial charge in [0.1, 0.15) is 35.0 Å². The first kappa shape index (κ1) is 37.2. The number of nitrogens with zero attached hydrogens (tertiary/aromatic N) is 2. The second kappa shape index (κ2) is 14.6. The molecule has 19 heteroatoms. The molecular weight excluding hydrogens is 708 g/mol. The SMILES string of the molecule is CCn1cc(C(=O)NC(C(=O)N[C@]2(OC)C(=O)N3C(C(=O)O)=C(COC(C)=O)CS[C@H]32)c2ccc(OCC(=O)O)cc2)c(=O)c2cc(O)c(O)cc21. The number of carbonyl (C=O) groups excluding carboxylic acids is 4. The van der Waals surface area contributed by atoms with Crippen molar-refractivity contribution in [3.63, 3.8) is 0 Å². The zero-order valence-electron chi connectivity index (χ0n) is 27.7. The van der Waals surface area contributed by atoms with E-state index in [1.165, 1.54) is 35.0 Å². The molecule has 5 rings (SSSR count). The van der Waals surface area contributed by atoms with Crippen LogP contribution in [0.2, 0.25) is 0 Å². The van der Waals surface area contributed by atoms with Crippen LogP contribution in [0.15, 0.2) is 58.7 Å². The highest BCUT2D eigenvalue weighted by atomic mass is 32.2. The smallest absolute Gasteiger partial charge is 0.352 e. The van der Waals surface area contributed by atoms with E-state index in [2.05, 4.69) is 10.6 Å². The fourth-order valence-electron chi connectivity index (χ4n) is 5.75. The first-order valence-corrected chi connectivity index (χ1v) is 16.4. The second-order valence-electron chi connectivity index (χ2n) is 11.5. The lowest BCUT2D eigenvalue weighted by Crippen LogP contribution is -2.81. The first-order valence-electron chi connectivity index (χ1n) is 15.4. The predicted octanol–water partition coefficient (Wildman–Crippen LogP) is 0.643. The number of phenols is 2. The van der Waals surface area contributed by atoms with Crippen molar-refractivity contribution in [1.82, 2.24) is 20.1 Å². The molecule has 0 bridgehead atoms. The number of aryl methyl sites for hydroxylation is 1.